The molecule has 136 valence electrons. The minimum atomic E-state index is -0.823. The third-order valence-corrected chi connectivity index (χ3v) is 9.91. The molecule has 0 aromatic carbocycles. The third kappa shape index (κ3) is 1.19. The fourth-order valence-electron chi connectivity index (χ4n) is 8.76. The summed E-state index contributed by atoms with van der Waals surface area (Å²) < 4.78 is 0. The molecule has 4 saturated carbocycles. The van der Waals surface area contributed by atoms with Gasteiger partial charge >= 0.3 is 0 Å². The first kappa shape index (κ1) is 17.0. The van der Waals surface area contributed by atoms with E-state index in [1.165, 1.54) is 0 Å². The molecule has 0 unspecified atom stereocenters. The standard InChI is InChI=1S/C20H33NO3/c1-10(2)19-12(4)18-8-6-11(3)17(5,15(23)14(19)21)20(18,16(19)24)13(22)7-9-18/h10-12,14-16,23-24H,6-9,21H2,1-5H3/t11-,12-,14-,15-,16+,17+,18+,19-,20-/m1/s1. The van der Waals surface area contributed by atoms with Gasteiger partial charge in [-0.05, 0) is 42.4 Å². The van der Waals surface area contributed by atoms with E-state index in [-0.39, 0.29) is 29.0 Å². The molecule has 4 N–H and O–H groups in total. The van der Waals surface area contributed by atoms with Crippen LogP contribution in [0.1, 0.15) is 60.3 Å². The second kappa shape index (κ2) is 4.44. The Balaban J connectivity index is 2.12. The molecule has 4 fully saturated rings. The normalized spacial score (nSPS) is 62.2. The number of carbonyl (C=O) groups excluding carboxylic acids is 1. The SMILES string of the molecule is CC(C)[C@@]12[C@H](N)[C@@H](O)[C@]3(C)[C@H](C)CC[C@]4(CCC(=O)[C@]43[C@H]1O)[C@H]2C. The summed E-state index contributed by atoms with van der Waals surface area (Å²) in [7, 11) is 0. The molecule has 4 nitrogen and oxygen atoms in total. The molecule has 9 atom stereocenters. The van der Waals surface area contributed by atoms with E-state index in [4.69, 9.17) is 5.73 Å². The number of fused-ring (bicyclic) bond motifs is 1. The largest absolute Gasteiger partial charge is 0.391 e. The summed E-state index contributed by atoms with van der Waals surface area (Å²) in [6, 6.07) is -0.492. The number of carbonyl (C=O) groups is 1. The molecular weight excluding hydrogens is 302 g/mol. The van der Waals surface area contributed by atoms with E-state index in [0.717, 1.165) is 19.3 Å². The monoisotopic (exact) mass is 335 g/mol. The molecule has 0 heterocycles. The van der Waals surface area contributed by atoms with E-state index in [2.05, 4.69) is 27.7 Å². The number of aliphatic hydroxyl groups excluding tert-OH is 2. The van der Waals surface area contributed by atoms with E-state index in [1.54, 1.807) is 0 Å². The van der Waals surface area contributed by atoms with Crippen LogP contribution >= 0.6 is 0 Å². The summed E-state index contributed by atoms with van der Waals surface area (Å²) in [4.78, 5) is 13.4. The van der Waals surface area contributed by atoms with Crippen molar-refractivity contribution in [3.8, 4) is 0 Å². The number of rotatable bonds is 1. The van der Waals surface area contributed by atoms with Gasteiger partial charge < -0.3 is 15.9 Å². The molecule has 0 amide bonds. The van der Waals surface area contributed by atoms with Crippen molar-refractivity contribution in [3.05, 3.63) is 0 Å². The zero-order valence-electron chi connectivity index (χ0n) is 15.7. The first-order chi connectivity index (χ1) is 11.1. The smallest absolute Gasteiger partial charge is 0.142 e. The van der Waals surface area contributed by atoms with Crippen LogP contribution in [0.2, 0.25) is 0 Å². The quantitative estimate of drug-likeness (QED) is 0.685. The molecular formula is C20H33NO3. The van der Waals surface area contributed by atoms with Crippen LogP contribution in [0.4, 0.5) is 0 Å². The van der Waals surface area contributed by atoms with Crippen LogP contribution in [-0.4, -0.2) is 34.2 Å². The molecule has 4 aliphatic carbocycles. The fourth-order valence-corrected chi connectivity index (χ4v) is 8.76. The molecule has 1 spiro atoms. The number of aliphatic hydroxyl groups is 2. The summed E-state index contributed by atoms with van der Waals surface area (Å²) in [5, 5.41) is 23.2. The molecule has 24 heavy (non-hydrogen) atoms. The highest BCUT2D eigenvalue weighted by Crippen LogP contribution is 2.84. The summed E-state index contributed by atoms with van der Waals surface area (Å²) in [6.45, 7) is 10.6. The van der Waals surface area contributed by atoms with Gasteiger partial charge in [0.25, 0.3) is 0 Å². The molecule has 2 bridgehead atoms. The van der Waals surface area contributed by atoms with Crippen LogP contribution in [0.15, 0.2) is 0 Å². The summed E-state index contributed by atoms with van der Waals surface area (Å²) in [6.07, 6.45) is 1.87. The van der Waals surface area contributed by atoms with E-state index in [9.17, 15) is 15.0 Å². The minimum Gasteiger partial charge on any atom is -0.391 e. The lowest BCUT2D eigenvalue weighted by Gasteiger charge is -2.65. The van der Waals surface area contributed by atoms with E-state index < -0.39 is 34.5 Å². The predicted octanol–water partition coefficient (Wildman–Crippen LogP) is 2.11. The van der Waals surface area contributed by atoms with Crippen molar-refractivity contribution in [2.45, 2.75) is 78.6 Å². The highest BCUT2D eigenvalue weighted by Gasteiger charge is 2.89. The Bertz CT molecular complexity index is 606. The van der Waals surface area contributed by atoms with Gasteiger partial charge in [0.05, 0.1) is 17.6 Å². The van der Waals surface area contributed by atoms with Gasteiger partial charge in [-0.2, -0.15) is 0 Å². The Hall–Kier alpha value is -0.450. The van der Waals surface area contributed by atoms with Gasteiger partial charge in [0, 0.05) is 23.3 Å². The average molecular weight is 335 g/mol. The van der Waals surface area contributed by atoms with Crippen LogP contribution < -0.4 is 5.73 Å². The number of ketones is 1. The molecule has 0 radical (unpaired) electrons. The summed E-state index contributed by atoms with van der Waals surface area (Å²) >= 11 is 0. The Kier molecular flexibility index (Phi) is 3.14. The lowest BCUT2D eigenvalue weighted by molar-refractivity contribution is -0.245. The highest BCUT2D eigenvalue weighted by molar-refractivity contribution is 5.92. The van der Waals surface area contributed by atoms with Crippen molar-refractivity contribution < 1.29 is 15.0 Å². The lowest BCUT2D eigenvalue weighted by atomic mass is 9.39. The van der Waals surface area contributed by atoms with Gasteiger partial charge in [-0.1, -0.05) is 34.6 Å². The van der Waals surface area contributed by atoms with Crippen molar-refractivity contribution in [1.29, 1.82) is 0 Å². The number of nitrogens with two attached hydrogens (primary N) is 1. The molecule has 0 aromatic heterocycles. The van der Waals surface area contributed by atoms with E-state index >= 15 is 0 Å². The van der Waals surface area contributed by atoms with Gasteiger partial charge in [0.2, 0.25) is 0 Å². The summed E-state index contributed by atoms with van der Waals surface area (Å²) in [5.74, 6) is 0.630. The zero-order valence-corrected chi connectivity index (χ0v) is 15.7. The van der Waals surface area contributed by atoms with Gasteiger partial charge in [-0.25, -0.2) is 0 Å². The Morgan fingerprint density at radius 3 is 2.42 bits per heavy atom. The first-order valence-electron chi connectivity index (χ1n) is 9.72. The minimum absolute atomic E-state index is 0.122. The molecule has 4 heteroatoms. The van der Waals surface area contributed by atoms with Crippen LogP contribution in [0.5, 0.6) is 0 Å². The van der Waals surface area contributed by atoms with Crippen LogP contribution in [0.3, 0.4) is 0 Å². The van der Waals surface area contributed by atoms with E-state index in [1.807, 2.05) is 6.92 Å². The molecule has 0 aromatic rings. The Morgan fingerprint density at radius 2 is 1.83 bits per heavy atom. The number of hydrogen-bond acceptors (Lipinski definition) is 4. The second-order valence-electron chi connectivity index (χ2n) is 9.86. The number of hydrogen-bond donors (Lipinski definition) is 3. The van der Waals surface area contributed by atoms with Crippen molar-refractivity contribution in [1.82, 2.24) is 0 Å². The van der Waals surface area contributed by atoms with Crippen LogP contribution in [-0.2, 0) is 4.79 Å². The van der Waals surface area contributed by atoms with Crippen molar-refractivity contribution >= 4 is 5.78 Å². The first-order valence-corrected chi connectivity index (χ1v) is 9.72. The Labute approximate surface area is 145 Å². The molecule has 4 aliphatic rings. The topological polar surface area (TPSA) is 83.5 Å². The van der Waals surface area contributed by atoms with Crippen molar-refractivity contribution in [2.24, 2.45) is 45.1 Å². The van der Waals surface area contributed by atoms with Gasteiger partial charge in [0.1, 0.15) is 5.78 Å². The van der Waals surface area contributed by atoms with Gasteiger partial charge in [-0.3, -0.25) is 4.79 Å². The molecule has 0 saturated heterocycles. The second-order valence-corrected chi connectivity index (χ2v) is 9.86. The molecule has 4 rings (SSSR count). The van der Waals surface area contributed by atoms with Crippen molar-refractivity contribution in [3.63, 3.8) is 0 Å². The zero-order chi connectivity index (χ0) is 17.9. The van der Waals surface area contributed by atoms with E-state index in [0.29, 0.717) is 6.42 Å². The maximum absolute atomic E-state index is 13.4. The lowest BCUT2D eigenvalue weighted by Crippen LogP contribution is -2.75. The van der Waals surface area contributed by atoms with Gasteiger partial charge in [0.15, 0.2) is 0 Å². The maximum atomic E-state index is 13.4. The highest BCUT2D eigenvalue weighted by atomic mass is 16.3. The predicted molar refractivity (Wildman–Crippen MR) is 92.0 cm³/mol. The maximum Gasteiger partial charge on any atom is 0.142 e. The number of Topliss-reactive ketones (excluding diaryl/α,β-unsaturated/α-hetero) is 1. The van der Waals surface area contributed by atoms with Crippen LogP contribution in [0, 0.1) is 39.4 Å². The average Bonchev–Trinajstić information content (AvgIpc) is 2.92. The van der Waals surface area contributed by atoms with Crippen molar-refractivity contribution in [2.75, 3.05) is 0 Å². The Morgan fingerprint density at radius 1 is 1.21 bits per heavy atom. The van der Waals surface area contributed by atoms with Gasteiger partial charge in [-0.15, -0.1) is 0 Å². The van der Waals surface area contributed by atoms with Crippen LogP contribution in [0.25, 0.3) is 0 Å². The summed E-state index contributed by atoms with van der Waals surface area (Å²) in [5.41, 5.74) is 4.45. The fraction of sp³-hybridized carbons (Fsp3) is 0.950. The third-order valence-electron chi connectivity index (χ3n) is 9.91. The molecule has 0 aliphatic heterocycles.